The van der Waals surface area contributed by atoms with Crippen LogP contribution in [0.3, 0.4) is 0 Å². The van der Waals surface area contributed by atoms with E-state index in [9.17, 15) is 4.79 Å². The molecule has 22 heavy (non-hydrogen) atoms. The summed E-state index contributed by atoms with van der Waals surface area (Å²) in [6.45, 7) is 0.351. The van der Waals surface area contributed by atoms with Gasteiger partial charge in [-0.15, -0.1) is 0 Å². The van der Waals surface area contributed by atoms with Gasteiger partial charge in [-0.1, -0.05) is 18.2 Å². The molecular formula is C17H16BrNO3. The summed E-state index contributed by atoms with van der Waals surface area (Å²) in [5.74, 6) is 0.993. The SMILES string of the molecule is COc1ccc(/C=C\C(N)=O)cc1COc1ccccc1Br. The van der Waals surface area contributed by atoms with Crippen LogP contribution in [0.2, 0.25) is 0 Å². The number of benzene rings is 2. The largest absolute Gasteiger partial charge is 0.496 e. The zero-order chi connectivity index (χ0) is 15.9. The predicted molar refractivity (Wildman–Crippen MR) is 89.7 cm³/mol. The lowest BCUT2D eigenvalue weighted by molar-refractivity contribution is -0.113. The second-order valence-electron chi connectivity index (χ2n) is 4.53. The van der Waals surface area contributed by atoms with Crippen molar-refractivity contribution in [1.29, 1.82) is 0 Å². The molecule has 0 atom stereocenters. The number of carbonyl (C=O) groups excluding carboxylic acids is 1. The van der Waals surface area contributed by atoms with Crippen LogP contribution >= 0.6 is 15.9 Å². The maximum Gasteiger partial charge on any atom is 0.241 e. The van der Waals surface area contributed by atoms with Crippen molar-refractivity contribution in [2.24, 2.45) is 5.73 Å². The van der Waals surface area contributed by atoms with Gasteiger partial charge >= 0.3 is 0 Å². The number of rotatable bonds is 6. The van der Waals surface area contributed by atoms with Crippen LogP contribution in [-0.2, 0) is 11.4 Å². The summed E-state index contributed by atoms with van der Waals surface area (Å²) in [5, 5.41) is 0. The second kappa shape index (κ2) is 7.66. The molecule has 2 aromatic carbocycles. The Morgan fingerprint density at radius 2 is 2.00 bits per heavy atom. The minimum absolute atomic E-state index is 0.351. The standard InChI is InChI=1S/C17H16BrNO3/c1-21-15-8-6-12(7-9-17(19)20)10-13(15)11-22-16-5-3-2-4-14(16)18/h2-10H,11H2,1H3,(H2,19,20)/b9-7-. The van der Waals surface area contributed by atoms with Crippen molar-refractivity contribution >= 4 is 27.9 Å². The molecule has 114 valence electrons. The molecule has 2 N–H and O–H groups in total. The van der Waals surface area contributed by atoms with Gasteiger partial charge < -0.3 is 15.2 Å². The Morgan fingerprint density at radius 1 is 1.23 bits per heavy atom. The lowest BCUT2D eigenvalue weighted by Crippen LogP contribution is -2.05. The number of amides is 1. The third kappa shape index (κ3) is 4.36. The monoisotopic (exact) mass is 361 g/mol. The van der Waals surface area contributed by atoms with Crippen LogP contribution in [0.5, 0.6) is 11.5 Å². The van der Waals surface area contributed by atoms with E-state index in [1.54, 1.807) is 13.2 Å². The Hall–Kier alpha value is -2.27. The maximum absolute atomic E-state index is 10.8. The molecular weight excluding hydrogens is 346 g/mol. The number of halogens is 1. The molecule has 0 aliphatic carbocycles. The van der Waals surface area contributed by atoms with Crippen molar-refractivity contribution < 1.29 is 14.3 Å². The molecule has 0 saturated heterocycles. The van der Waals surface area contributed by atoms with Crippen LogP contribution < -0.4 is 15.2 Å². The smallest absolute Gasteiger partial charge is 0.241 e. The fourth-order valence-electron chi connectivity index (χ4n) is 1.91. The van der Waals surface area contributed by atoms with Gasteiger partial charge in [-0.25, -0.2) is 0 Å². The predicted octanol–water partition coefficient (Wildman–Crippen LogP) is 3.54. The van der Waals surface area contributed by atoms with E-state index in [4.69, 9.17) is 15.2 Å². The summed E-state index contributed by atoms with van der Waals surface area (Å²) in [6, 6.07) is 13.2. The Kier molecular flexibility index (Phi) is 5.61. The van der Waals surface area contributed by atoms with Crippen LogP contribution in [-0.4, -0.2) is 13.0 Å². The molecule has 0 saturated carbocycles. The molecule has 0 aromatic heterocycles. The summed E-state index contributed by atoms with van der Waals surface area (Å²) in [7, 11) is 1.61. The Balaban J connectivity index is 2.19. The second-order valence-corrected chi connectivity index (χ2v) is 5.38. The van der Waals surface area contributed by atoms with E-state index in [-0.39, 0.29) is 0 Å². The molecule has 0 bridgehead atoms. The lowest BCUT2D eigenvalue weighted by Gasteiger charge is -2.12. The summed E-state index contributed by atoms with van der Waals surface area (Å²) < 4.78 is 12.0. The highest BCUT2D eigenvalue weighted by Crippen LogP contribution is 2.27. The first kappa shape index (κ1) is 16.1. The van der Waals surface area contributed by atoms with Crippen molar-refractivity contribution in [3.8, 4) is 11.5 Å². The van der Waals surface area contributed by atoms with Gasteiger partial charge in [0, 0.05) is 11.6 Å². The third-order valence-electron chi connectivity index (χ3n) is 2.96. The number of para-hydroxylation sites is 1. The van der Waals surface area contributed by atoms with Gasteiger partial charge in [-0.05, 0) is 51.8 Å². The number of ether oxygens (including phenoxy) is 2. The molecule has 0 spiro atoms. The number of hydrogen-bond donors (Lipinski definition) is 1. The lowest BCUT2D eigenvalue weighted by atomic mass is 10.1. The highest BCUT2D eigenvalue weighted by molar-refractivity contribution is 9.10. The number of carbonyl (C=O) groups is 1. The Bertz CT molecular complexity index is 698. The van der Waals surface area contributed by atoms with E-state index < -0.39 is 5.91 Å². The van der Waals surface area contributed by atoms with Crippen molar-refractivity contribution in [2.75, 3.05) is 7.11 Å². The van der Waals surface area contributed by atoms with E-state index in [1.807, 2.05) is 42.5 Å². The van der Waals surface area contributed by atoms with E-state index in [1.165, 1.54) is 6.08 Å². The average Bonchev–Trinajstić information content (AvgIpc) is 2.52. The molecule has 0 radical (unpaired) electrons. The van der Waals surface area contributed by atoms with Gasteiger partial charge in [0.25, 0.3) is 0 Å². The molecule has 0 aliphatic rings. The summed E-state index contributed by atoms with van der Waals surface area (Å²) in [4.78, 5) is 10.8. The average molecular weight is 362 g/mol. The van der Waals surface area contributed by atoms with Crippen LogP contribution in [0.1, 0.15) is 11.1 Å². The van der Waals surface area contributed by atoms with Crippen LogP contribution in [0, 0.1) is 0 Å². The molecule has 0 aliphatic heterocycles. The quantitative estimate of drug-likeness (QED) is 0.800. The van der Waals surface area contributed by atoms with Crippen LogP contribution in [0.15, 0.2) is 53.0 Å². The summed E-state index contributed by atoms with van der Waals surface area (Å²) in [6.07, 6.45) is 2.98. The summed E-state index contributed by atoms with van der Waals surface area (Å²) >= 11 is 3.44. The highest BCUT2D eigenvalue weighted by Gasteiger charge is 2.06. The number of nitrogens with two attached hydrogens (primary N) is 1. The van der Waals surface area contributed by atoms with Crippen LogP contribution in [0.25, 0.3) is 6.08 Å². The molecule has 0 fully saturated rings. The van der Waals surface area contributed by atoms with Crippen molar-refractivity contribution in [3.63, 3.8) is 0 Å². The topological polar surface area (TPSA) is 61.5 Å². The summed E-state index contributed by atoms with van der Waals surface area (Å²) in [5.41, 5.74) is 6.84. The normalized spacial score (nSPS) is 10.6. The van der Waals surface area contributed by atoms with Crippen molar-refractivity contribution in [2.45, 2.75) is 6.61 Å². The van der Waals surface area contributed by atoms with Crippen LogP contribution in [0.4, 0.5) is 0 Å². The molecule has 2 aromatic rings. The molecule has 0 unspecified atom stereocenters. The third-order valence-corrected chi connectivity index (χ3v) is 3.62. The Labute approximate surface area is 137 Å². The van der Waals surface area contributed by atoms with E-state index >= 15 is 0 Å². The first-order chi connectivity index (χ1) is 10.6. The fourth-order valence-corrected chi connectivity index (χ4v) is 2.31. The van der Waals surface area contributed by atoms with Gasteiger partial charge in [-0.2, -0.15) is 0 Å². The first-order valence-corrected chi connectivity index (χ1v) is 7.41. The highest BCUT2D eigenvalue weighted by atomic mass is 79.9. The van der Waals surface area contributed by atoms with Crippen molar-refractivity contribution in [1.82, 2.24) is 0 Å². The van der Waals surface area contributed by atoms with Crippen molar-refractivity contribution in [3.05, 3.63) is 64.1 Å². The van der Waals surface area contributed by atoms with E-state index in [0.29, 0.717) is 6.61 Å². The molecule has 4 nitrogen and oxygen atoms in total. The number of primary amides is 1. The molecule has 0 heterocycles. The van der Waals surface area contributed by atoms with Gasteiger partial charge in [0.15, 0.2) is 0 Å². The number of hydrogen-bond acceptors (Lipinski definition) is 3. The zero-order valence-corrected chi connectivity index (χ0v) is 13.7. The molecule has 5 heteroatoms. The fraction of sp³-hybridized carbons (Fsp3) is 0.118. The molecule has 1 amide bonds. The minimum atomic E-state index is -0.484. The maximum atomic E-state index is 10.8. The minimum Gasteiger partial charge on any atom is -0.496 e. The molecule has 2 rings (SSSR count). The van der Waals surface area contributed by atoms with Gasteiger partial charge in [0.2, 0.25) is 5.91 Å². The van der Waals surface area contributed by atoms with Gasteiger partial charge in [0.05, 0.1) is 11.6 Å². The van der Waals surface area contributed by atoms with E-state index in [0.717, 1.165) is 27.1 Å². The Morgan fingerprint density at radius 3 is 2.68 bits per heavy atom. The first-order valence-electron chi connectivity index (χ1n) is 6.62. The van der Waals surface area contributed by atoms with Gasteiger partial charge in [-0.3, -0.25) is 4.79 Å². The number of methoxy groups -OCH3 is 1. The van der Waals surface area contributed by atoms with Gasteiger partial charge in [0.1, 0.15) is 18.1 Å². The van der Waals surface area contributed by atoms with E-state index in [2.05, 4.69) is 15.9 Å². The zero-order valence-electron chi connectivity index (χ0n) is 12.1.